The average molecular weight is 308 g/mol. The van der Waals surface area contributed by atoms with Gasteiger partial charge in [0.2, 0.25) is 0 Å². The molecule has 5 nitrogen and oxygen atoms in total. The SMILES string of the molecule is COc1ccc(-c2c(CN)nnn2-c2ccc(C)c(C)c2)cc1. The van der Waals surface area contributed by atoms with Crippen molar-refractivity contribution in [1.82, 2.24) is 15.0 Å². The number of aromatic nitrogens is 3. The maximum absolute atomic E-state index is 5.85. The highest BCUT2D eigenvalue weighted by Crippen LogP contribution is 2.27. The van der Waals surface area contributed by atoms with Crippen molar-refractivity contribution >= 4 is 0 Å². The molecule has 2 aromatic carbocycles. The van der Waals surface area contributed by atoms with Gasteiger partial charge in [-0.1, -0.05) is 11.3 Å². The molecule has 0 amide bonds. The lowest BCUT2D eigenvalue weighted by molar-refractivity contribution is 0.415. The quantitative estimate of drug-likeness (QED) is 0.804. The van der Waals surface area contributed by atoms with E-state index >= 15 is 0 Å². The Balaban J connectivity index is 2.14. The Bertz CT molecular complexity index is 822. The molecule has 0 atom stereocenters. The topological polar surface area (TPSA) is 66.0 Å². The van der Waals surface area contributed by atoms with Crippen LogP contribution in [-0.4, -0.2) is 22.1 Å². The molecule has 2 N–H and O–H groups in total. The summed E-state index contributed by atoms with van der Waals surface area (Å²) in [5, 5.41) is 8.54. The summed E-state index contributed by atoms with van der Waals surface area (Å²) in [6.07, 6.45) is 0. The molecule has 0 radical (unpaired) electrons. The van der Waals surface area contributed by atoms with E-state index in [2.05, 4.69) is 36.3 Å². The Kier molecular flexibility index (Phi) is 4.12. The molecule has 1 aromatic heterocycles. The van der Waals surface area contributed by atoms with Crippen LogP contribution in [0.5, 0.6) is 5.75 Å². The van der Waals surface area contributed by atoms with Crippen molar-refractivity contribution in [3.8, 4) is 22.7 Å². The first-order chi connectivity index (χ1) is 11.1. The van der Waals surface area contributed by atoms with Gasteiger partial charge in [0, 0.05) is 12.1 Å². The zero-order valence-electron chi connectivity index (χ0n) is 13.6. The molecule has 0 spiro atoms. The number of hydrogen-bond acceptors (Lipinski definition) is 4. The van der Waals surface area contributed by atoms with Gasteiger partial charge < -0.3 is 10.5 Å². The van der Waals surface area contributed by atoms with Crippen molar-refractivity contribution in [2.24, 2.45) is 5.73 Å². The lowest BCUT2D eigenvalue weighted by Gasteiger charge is -2.10. The Morgan fingerprint density at radius 3 is 2.39 bits per heavy atom. The maximum Gasteiger partial charge on any atom is 0.118 e. The molecule has 0 aliphatic rings. The monoisotopic (exact) mass is 308 g/mol. The van der Waals surface area contributed by atoms with Gasteiger partial charge in [0.15, 0.2) is 0 Å². The summed E-state index contributed by atoms with van der Waals surface area (Å²) in [4.78, 5) is 0. The molecule has 0 saturated carbocycles. The highest BCUT2D eigenvalue weighted by molar-refractivity contribution is 5.65. The smallest absolute Gasteiger partial charge is 0.118 e. The van der Waals surface area contributed by atoms with Gasteiger partial charge in [-0.25, -0.2) is 4.68 Å². The Hall–Kier alpha value is -2.66. The minimum absolute atomic E-state index is 0.339. The van der Waals surface area contributed by atoms with Crippen molar-refractivity contribution in [1.29, 1.82) is 0 Å². The van der Waals surface area contributed by atoms with Crippen LogP contribution in [0.15, 0.2) is 42.5 Å². The third-order valence-corrected chi connectivity index (χ3v) is 4.03. The molecular weight excluding hydrogens is 288 g/mol. The molecule has 0 fully saturated rings. The summed E-state index contributed by atoms with van der Waals surface area (Å²) in [6, 6.07) is 14.1. The van der Waals surface area contributed by atoms with Crippen molar-refractivity contribution < 1.29 is 4.74 Å². The lowest BCUT2D eigenvalue weighted by Crippen LogP contribution is -2.03. The number of rotatable bonds is 4. The molecule has 0 bridgehead atoms. The van der Waals surface area contributed by atoms with E-state index in [0.29, 0.717) is 6.54 Å². The van der Waals surface area contributed by atoms with E-state index in [0.717, 1.165) is 28.4 Å². The van der Waals surface area contributed by atoms with Gasteiger partial charge in [-0.2, -0.15) is 0 Å². The van der Waals surface area contributed by atoms with E-state index in [1.54, 1.807) is 7.11 Å². The summed E-state index contributed by atoms with van der Waals surface area (Å²) in [6.45, 7) is 4.52. The first-order valence-corrected chi connectivity index (χ1v) is 7.50. The Morgan fingerprint density at radius 1 is 1.04 bits per heavy atom. The number of methoxy groups -OCH3 is 1. The molecule has 23 heavy (non-hydrogen) atoms. The number of ether oxygens (including phenoxy) is 1. The second kappa shape index (κ2) is 6.22. The number of hydrogen-bond donors (Lipinski definition) is 1. The van der Waals surface area contributed by atoms with Crippen LogP contribution in [0.2, 0.25) is 0 Å². The normalized spacial score (nSPS) is 10.8. The predicted molar refractivity (Wildman–Crippen MR) is 90.7 cm³/mol. The molecule has 3 aromatic rings. The largest absolute Gasteiger partial charge is 0.497 e. The van der Waals surface area contributed by atoms with Crippen LogP contribution in [0, 0.1) is 13.8 Å². The van der Waals surface area contributed by atoms with Gasteiger partial charge in [-0.3, -0.25) is 0 Å². The highest BCUT2D eigenvalue weighted by atomic mass is 16.5. The lowest BCUT2D eigenvalue weighted by atomic mass is 10.1. The van der Waals surface area contributed by atoms with E-state index in [1.807, 2.05) is 35.0 Å². The predicted octanol–water partition coefficient (Wildman–Crippen LogP) is 3.02. The zero-order chi connectivity index (χ0) is 16.4. The zero-order valence-corrected chi connectivity index (χ0v) is 13.6. The standard InChI is InChI=1S/C18H20N4O/c1-12-4-7-15(10-13(12)2)22-18(17(11-19)20-21-22)14-5-8-16(23-3)9-6-14/h4-10H,11,19H2,1-3H3. The molecule has 1 heterocycles. The Morgan fingerprint density at radius 2 is 1.78 bits per heavy atom. The van der Waals surface area contributed by atoms with E-state index in [9.17, 15) is 0 Å². The molecular formula is C18H20N4O. The molecule has 0 aliphatic carbocycles. The fourth-order valence-electron chi connectivity index (χ4n) is 2.53. The number of nitrogens with two attached hydrogens (primary N) is 1. The van der Waals surface area contributed by atoms with Crippen molar-refractivity contribution in [2.75, 3.05) is 7.11 Å². The van der Waals surface area contributed by atoms with Crippen molar-refractivity contribution in [2.45, 2.75) is 20.4 Å². The average Bonchev–Trinajstić information content (AvgIpc) is 3.01. The molecule has 118 valence electrons. The van der Waals surface area contributed by atoms with Crippen LogP contribution in [0.3, 0.4) is 0 Å². The first kappa shape index (κ1) is 15.2. The number of aryl methyl sites for hydroxylation is 2. The molecule has 0 aliphatic heterocycles. The first-order valence-electron chi connectivity index (χ1n) is 7.50. The third kappa shape index (κ3) is 2.83. The van der Waals surface area contributed by atoms with E-state index in [-0.39, 0.29) is 0 Å². The van der Waals surface area contributed by atoms with Crippen LogP contribution in [0.25, 0.3) is 16.9 Å². The van der Waals surface area contributed by atoms with Gasteiger partial charge in [0.25, 0.3) is 0 Å². The minimum atomic E-state index is 0.339. The summed E-state index contributed by atoms with van der Waals surface area (Å²) in [7, 11) is 1.65. The highest BCUT2D eigenvalue weighted by Gasteiger charge is 2.15. The Labute approximate surface area is 135 Å². The molecule has 0 unspecified atom stereocenters. The molecule has 5 heteroatoms. The fraction of sp³-hybridized carbons (Fsp3) is 0.222. The summed E-state index contributed by atoms with van der Waals surface area (Å²) in [5.74, 6) is 0.813. The van der Waals surface area contributed by atoms with Gasteiger partial charge in [0.1, 0.15) is 11.4 Å². The maximum atomic E-state index is 5.85. The number of benzene rings is 2. The van der Waals surface area contributed by atoms with E-state index in [4.69, 9.17) is 10.5 Å². The summed E-state index contributed by atoms with van der Waals surface area (Å²) < 4.78 is 7.07. The second-order valence-corrected chi connectivity index (χ2v) is 5.50. The third-order valence-electron chi connectivity index (χ3n) is 4.03. The minimum Gasteiger partial charge on any atom is -0.497 e. The van der Waals surface area contributed by atoms with Gasteiger partial charge in [0.05, 0.1) is 18.5 Å². The number of nitrogens with zero attached hydrogens (tertiary/aromatic N) is 3. The summed E-state index contributed by atoms with van der Waals surface area (Å²) >= 11 is 0. The van der Waals surface area contributed by atoms with E-state index in [1.165, 1.54) is 11.1 Å². The van der Waals surface area contributed by atoms with Crippen molar-refractivity contribution in [3.05, 3.63) is 59.3 Å². The van der Waals surface area contributed by atoms with Gasteiger partial charge in [-0.05, 0) is 61.4 Å². The summed E-state index contributed by atoms with van der Waals surface area (Å²) in [5.41, 5.74) is 12.0. The van der Waals surface area contributed by atoms with Crippen LogP contribution in [0.1, 0.15) is 16.8 Å². The molecule has 0 saturated heterocycles. The second-order valence-electron chi connectivity index (χ2n) is 5.50. The van der Waals surface area contributed by atoms with Crippen LogP contribution >= 0.6 is 0 Å². The van der Waals surface area contributed by atoms with Gasteiger partial charge >= 0.3 is 0 Å². The van der Waals surface area contributed by atoms with Crippen molar-refractivity contribution in [3.63, 3.8) is 0 Å². The molecule has 3 rings (SSSR count). The van der Waals surface area contributed by atoms with Crippen LogP contribution in [-0.2, 0) is 6.54 Å². The fourth-order valence-corrected chi connectivity index (χ4v) is 2.53. The van der Waals surface area contributed by atoms with Gasteiger partial charge in [-0.15, -0.1) is 5.10 Å². The van der Waals surface area contributed by atoms with E-state index < -0.39 is 0 Å². The van der Waals surface area contributed by atoms with Crippen LogP contribution < -0.4 is 10.5 Å². The van der Waals surface area contributed by atoms with Crippen LogP contribution in [0.4, 0.5) is 0 Å².